The van der Waals surface area contributed by atoms with Crippen molar-refractivity contribution in [3.8, 4) is 0 Å². The van der Waals surface area contributed by atoms with Crippen LogP contribution in [0.3, 0.4) is 0 Å². The Balaban J connectivity index is 3.31. The first-order valence-corrected chi connectivity index (χ1v) is 5.76. The van der Waals surface area contributed by atoms with Gasteiger partial charge in [0.2, 0.25) is 0 Å². The highest BCUT2D eigenvalue weighted by molar-refractivity contribution is 7.99. The Morgan fingerprint density at radius 1 is 1.50 bits per heavy atom. The maximum atomic E-state index is 10.9. The summed E-state index contributed by atoms with van der Waals surface area (Å²) >= 11 is 1.60. The van der Waals surface area contributed by atoms with E-state index in [1.165, 1.54) is 7.11 Å². The van der Waals surface area contributed by atoms with Crippen molar-refractivity contribution in [1.29, 1.82) is 0 Å². The topological polar surface area (TPSA) is 61.5 Å². The van der Waals surface area contributed by atoms with E-state index in [-0.39, 0.29) is 12.1 Å². The number of hydrogen-bond acceptors (Lipinski definition) is 5. The van der Waals surface area contributed by atoms with E-state index >= 15 is 0 Å². The zero-order valence-corrected chi connectivity index (χ0v) is 9.80. The number of thioether (sulfide) groups is 1. The van der Waals surface area contributed by atoms with E-state index in [0.29, 0.717) is 12.4 Å². The molecular weight excluding hydrogens is 202 g/mol. The number of methoxy groups -OCH3 is 1. The van der Waals surface area contributed by atoms with Crippen LogP contribution in [-0.2, 0) is 14.3 Å². The third-order valence-electron chi connectivity index (χ3n) is 1.48. The number of ether oxygens (including phenoxy) is 2. The van der Waals surface area contributed by atoms with E-state index < -0.39 is 6.04 Å². The molecule has 1 unspecified atom stereocenters. The molecule has 1 atom stereocenters. The molecule has 14 heavy (non-hydrogen) atoms. The molecule has 0 aliphatic carbocycles. The monoisotopic (exact) mass is 221 g/mol. The molecule has 0 aromatic heterocycles. The maximum absolute atomic E-state index is 10.9. The molecule has 0 aromatic rings. The van der Waals surface area contributed by atoms with E-state index in [1.54, 1.807) is 11.8 Å². The van der Waals surface area contributed by atoms with Crippen LogP contribution in [0.25, 0.3) is 0 Å². The molecule has 0 spiro atoms. The SMILES string of the molecule is COC(=O)C(N)CSCCOC(C)C. The fraction of sp³-hybridized carbons (Fsp3) is 0.889. The highest BCUT2D eigenvalue weighted by Crippen LogP contribution is 2.03. The average Bonchev–Trinajstić information content (AvgIpc) is 2.15. The van der Waals surface area contributed by atoms with Crippen molar-refractivity contribution < 1.29 is 14.3 Å². The van der Waals surface area contributed by atoms with E-state index in [2.05, 4.69) is 4.74 Å². The van der Waals surface area contributed by atoms with Gasteiger partial charge in [-0.2, -0.15) is 11.8 Å². The standard InChI is InChI=1S/C9H19NO3S/c1-7(2)13-4-5-14-6-8(10)9(11)12-3/h7-8H,4-6,10H2,1-3H3. The normalized spacial score (nSPS) is 12.9. The molecule has 4 nitrogen and oxygen atoms in total. The molecule has 0 bridgehead atoms. The van der Waals surface area contributed by atoms with Gasteiger partial charge in [0.25, 0.3) is 0 Å². The smallest absolute Gasteiger partial charge is 0.323 e. The van der Waals surface area contributed by atoms with Crippen LogP contribution < -0.4 is 5.73 Å². The van der Waals surface area contributed by atoms with E-state index in [1.807, 2.05) is 13.8 Å². The Morgan fingerprint density at radius 2 is 2.14 bits per heavy atom. The lowest BCUT2D eigenvalue weighted by Gasteiger charge is -2.09. The van der Waals surface area contributed by atoms with Crippen molar-refractivity contribution in [2.45, 2.75) is 26.0 Å². The summed E-state index contributed by atoms with van der Waals surface area (Å²) in [7, 11) is 1.34. The van der Waals surface area contributed by atoms with Crippen LogP contribution in [0.2, 0.25) is 0 Å². The molecule has 84 valence electrons. The van der Waals surface area contributed by atoms with Crippen molar-refractivity contribution in [1.82, 2.24) is 0 Å². The van der Waals surface area contributed by atoms with Crippen molar-refractivity contribution in [3.05, 3.63) is 0 Å². The molecule has 0 aliphatic rings. The van der Waals surface area contributed by atoms with Gasteiger partial charge in [-0.3, -0.25) is 4.79 Å². The lowest BCUT2D eigenvalue weighted by Crippen LogP contribution is -2.34. The van der Waals surface area contributed by atoms with Gasteiger partial charge in [0.15, 0.2) is 0 Å². The molecule has 0 amide bonds. The summed E-state index contributed by atoms with van der Waals surface area (Å²) in [5.41, 5.74) is 5.53. The molecule has 0 radical (unpaired) electrons. The first-order chi connectivity index (χ1) is 6.57. The van der Waals surface area contributed by atoms with Crippen LogP contribution in [0.5, 0.6) is 0 Å². The predicted molar refractivity (Wildman–Crippen MR) is 58.4 cm³/mol. The van der Waals surface area contributed by atoms with Gasteiger partial charge < -0.3 is 15.2 Å². The first-order valence-electron chi connectivity index (χ1n) is 4.60. The number of rotatable bonds is 7. The summed E-state index contributed by atoms with van der Waals surface area (Å²) < 4.78 is 9.83. The second-order valence-electron chi connectivity index (χ2n) is 3.12. The molecule has 5 heteroatoms. The summed E-state index contributed by atoms with van der Waals surface area (Å²) in [6.07, 6.45) is 0.255. The van der Waals surface area contributed by atoms with Crippen LogP contribution in [-0.4, -0.2) is 43.3 Å². The molecule has 0 fully saturated rings. The minimum Gasteiger partial charge on any atom is -0.468 e. The van der Waals surface area contributed by atoms with Gasteiger partial charge in [-0.1, -0.05) is 0 Å². The molecule has 0 aliphatic heterocycles. The van der Waals surface area contributed by atoms with Crippen molar-refractivity contribution in [2.75, 3.05) is 25.2 Å². The van der Waals surface area contributed by atoms with Crippen LogP contribution in [0, 0.1) is 0 Å². The quantitative estimate of drug-likeness (QED) is 0.505. The second-order valence-corrected chi connectivity index (χ2v) is 4.27. The molecule has 0 heterocycles. The number of nitrogens with two attached hydrogens (primary N) is 1. The zero-order valence-electron chi connectivity index (χ0n) is 8.99. The van der Waals surface area contributed by atoms with Gasteiger partial charge in [0.05, 0.1) is 19.8 Å². The average molecular weight is 221 g/mol. The zero-order chi connectivity index (χ0) is 11.0. The van der Waals surface area contributed by atoms with Crippen molar-refractivity contribution in [2.24, 2.45) is 5.73 Å². The summed E-state index contributed by atoms with van der Waals surface area (Å²) in [6.45, 7) is 4.67. The number of hydrogen-bond donors (Lipinski definition) is 1. The molecule has 0 rings (SSSR count). The van der Waals surface area contributed by atoms with Gasteiger partial charge in [-0.25, -0.2) is 0 Å². The Labute approximate surface area is 89.5 Å². The predicted octanol–water partition coefficient (Wildman–Crippen LogP) is 0.645. The Hall–Kier alpha value is -0.260. The summed E-state index contributed by atoms with van der Waals surface area (Å²) in [5, 5.41) is 0. The highest BCUT2D eigenvalue weighted by Gasteiger charge is 2.12. The molecule has 0 aromatic carbocycles. The number of carbonyl (C=O) groups is 1. The third-order valence-corrected chi connectivity index (χ3v) is 2.53. The van der Waals surface area contributed by atoms with Gasteiger partial charge in [-0.05, 0) is 13.8 Å². The van der Waals surface area contributed by atoms with Gasteiger partial charge in [-0.15, -0.1) is 0 Å². The minimum atomic E-state index is -0.524. The van der Waals surface area contributed by atoms with Gasteiger partial charge in [0.1, 0.15) is 6.04 Å². The fourth-order valence-corrected chi connectivity index (χ4v) is 1.54. The van der Waals surface area contributed by atoms with Crippen molar-refractivity contribution in [3.63, 3.8) is 0 Å². The third kappa shape index (κ3) is 7.17. The number of esters is 1. The minimum absolute atomic E-state index is 0.255. The van der Waals surface area contributed by atoms with Crippen LogP contribution in [0.4, 0.5) is 0 Å². The second kappa shape index (κ2) is 8.08. The summed E-state index contributed by atoms with van der Waals surface area (Å²) in [5.74, 6) is 1.07. The van der Waals surface area contributed by atoms with Crippen LogP contribution in [0.15, 0.2) is 0 Å². The molecular formula is C9H19NO3S. The first kappa shape index (κ1) is 13.7. The van der Waals surface area contributed by atoms with Gasteiger partial charge >= 0.3 is 5.97 Å². The Bertz CT molecular complexity index is 164. The largest absolute Gasteiger partial charge is 0.468 e. The van der Waals surface area contributed by atoms with Crippen LogP contribution >= 0.6 is 11.8 Å². The van der Waals surface area contributed by atoms with Crippen LogP contribution in [0.1, 0.15) is 13.8 Å². The molecule has 0 saturated heterocycles. The lowest BCUT2D eigenvalue weighted by atomic mass is 10.4. The highest BCUT2D eigenvalue weighted by atomic mass is 32.2. The number of carbonyl (C=O) groups excluding carboxylic acids is 1. The van der Waals surface area contributed by atoms with E-state index in [0.717, 1.165) is 5.75 Å². The fourth-order valence-electron chi connectivity index (χ4n) is 0.772. The van der Waals surface area contributed by atoms with E-state index in [9.17, 15) is 4.79 Å². The van der Waals surface area contributed by atoms with Gasteiger partial charge in [0, 0.05) is 11.5 Å². The van der Waals surface area contributed by atoms with Crippen molar-refractivity contribution >= 4 is 17.7 Å². The molecule has 0 saturated carbocycles. The Morgan fingerprint density at radius 3 is 2.64 bits per heavy atom. The maximum Gasteiger partial charge on any atom is 0.323 e. The van der Waals surface area contributed by atoms with E-state index in [4.69, 9.17) is 10.5 Å². The Kier molecular flexibility index (Phi) is 7.93. The molecule has 2 N–H and O–H groups in total. The lowest BCUT2D eigenvalue weighted by molar-refractivity contribution is -0.141. The summed E-state index contributed by atoms with van der Waals surface area (Å²) in [6, 6.07) is -0.524. The summed E-state index contributed by atoms with van der Waals surface area (Å²) in [4.78, 5) is 10.9.